The number of pyridine rings is 1. The van der Waals surface area contributed by atoms with Gasteiger partial charge >= 0.3 is 0 Å². The Labute approximate surface area is 255 Å². The summed E-state index contributed by atoms with van der Waals surface area (Å²) in [7, 11) is -4.50. The summed E-state index contributed by atoms with van der Waals surface area (Å²) in [6.07, 6.45) is 2.13. The minimum Gasteiger partial charge on any atom is -0.291 e. The van der Waals surface area contributed by atoms with E-state index in [9.17, 15) is 30.8 Å². The van der Waals surface area contributed by atoms with Gasteiger partial charge in [0.25, 0.3) is 6.43 Å². The van der Waals surface area contributed by atoms with Gasteiger partial charge in [0, 0.05) is 17.3 Å². The van der Waals surface area contributed by atoms with Crippen molar-refractivity contribution in [2.45, 2.75) is 43.0 Å². The molecule has 0 spiro atoms. The minimum atomic E-state index is -4.50. The van der Waals surface area contributed by atoms with E-state index in [1.54, 1.807) is 23.0 Å². The van der Waals surface area contributed by atoms with Gasteiger partial charge in [0.05, 0.1) is 34.4 Å². The number of ketones is 1. The number of aromatic nitrogens is 3. The lowest BCUT2D eigenvalue weighted by Crippen LogP contribution is -2.51. The van der Waals surface area contributed by atoms with Gasteiger partial charge in [-0.25, -0.2) is 30.7 Å². The fraction of sp³-hybridized carbons (Fsp3) is 0.258. The van der Waals surface area contributed by atoms with Crippen molar-refractivity contribution in [1.82, 2.24) is 19.1 Å². The van der Waals surface area contributed by atoms with Crippen LogP contribution in [0.2, 0.25) is 5.02 Å². The van der Waals surface area contributed by atoms with Crippen molar-refractivity contribution in [3.05, 3.63) is 112 Å². The molecule has 2 aliphatic carbocycles. The van der Waals surface area contributed by atoms with Crippen LogP contribution in [0.1, 0.15) is 41.0 Å². The molecule has 0 aliphatic heterocycles. The number of sulfonamides is 1. The molecular formula is C31H25ClF4N4O3S. The summed E-state index contributed by atoms with van der Waals surface area (Å²) in [6.45, 7) is -1.10. The maximum atomic E-state index is 14.4. The molecule has 2 heterocycles. The number of carbonyl (C=O) groups is 1. The van der Waals surface area contributed by atoms with Crippen LogP contribution in [0.15, 0.2) is 83.5 Å². The maximum Gasteiger partial charge on any atom is 0.252 e. The van der Waals surface area contributed by atoms with Crippen molar-refractivity contribution in [2.24, 2.45) is 5.41 Å². The Hall–Kier alpha value is -3.87. The van der Waals surface area contributed by atoms with Gasteiger partial charge in [-0.1, -0.05) is 17.2 Å². The highest BCUT2D eigenvalue weighted by Crippen LogP contribution is 2.51. The lowest BCUT2D eigenvalue weighted by molar-refractivity contribution is 0.0657. The Bertz CT molecular complexity index is 1860. The first-order valence-electron chi connectivity index (χ1n) is 13.7. The molecule has 13 heteroatoms. The number of hydrogen-bond donors (Lipinski definition) is 0. The molecule has 228 valence electrons. The number of nitrogens with zero attached hydrogens (tertiary/aromatic N) is 4. The molecule has 2 aliphatic rings. The van der Waals surface area contributed by atoms with Gasteiger partial charge in [-0.3, -0.25) is 9.78 Å². The lowest BCUT2D eigenvalue weighted by Gasteiger charge is -2.46. The van der Waals surface area contributed by atoms with Crippen LogP contribution < -0.4 is 0 Å². The van der Waals surface area contributed by atoms with Crippen LogP contribution in [0.5, 0.6) is 0 Å². The number of Topliss-reactive ketones (excluding diaryl/α,β-unsaturated/α-hetero) is 1. The van der Waals surface area contributed by atoms with E-state index in [2.05, 4.69) is 10.1 Å². The van der Waals surface area contributed by atoms with Crippen molar-refractivity contribution in [3.63, 3.8) is 0 Å². The van der Waals surface area contributed by atoms with Crippen molar-refractivity contribution in [1.29, 1.82) is 0 Å². The standard InChI is InChI=1S/C31H25ClF4N4O3S/c32-21-11-12-37-27(14-21)30(41)31-15-19-17-38-40(24-7-2-22(33)3-8-24)28(19)13-20(31)1-6-25(16-31)39(18-29(35)36)44(42,43)26-9-4-23(34)5-10-26/h2-5,7-14,17,25,29H,1,6,15-16,18H2/t25-,31-/m0/s1. The Morgan fingerprint density at radius 2 is 1.75 bits per heavy atom. The fourth-order valence-corrected chi connectivity index (χ4v) is 8.00. The summed E-state index contributed by atoms with van der Waals surface area (Å²) >= 11 is 6.19. The molecule has 2 atom stereocenters. The van der Waals surface area contributed by atoms with E-state index in [0.29, 0.717) is 22.5 Å². The van der Waals surface area contributed by atoms with Crippen LogP contribution in [0.4, 0.5) is 17.6 Å². The predicted octanol–water partition coefficient (Wildman–Crippen LogP) is 6.52. The van der Waals surface area contributed by atoms with Crippen molar-refractivity contribution in [2.75, 3.05) is 6.54 Å². The molecule has 6 rings (SSSR count). The molecular weight excluding hydrogens is 620 g/mol. The van der Waals surface area contributed by atoms with Gasteiger partial charge in [0.15, 0.2) is 5.78 Å². The number of hydrogen-bond acceptors (Lipinski definition) is 5. The Morgan fingerprint density at radius 3 is 2.41 bits per heavy atom. The smallest absolute Gasteiger partial charge is 0.252 e. The molecule has 7 nitrogen and oxygen atoms in total. The molecule has 0 radical (unpaired) electrons. The van der Waals surface area contributed by atoms with Crippen LogP contribution in [0.3, 0.4) is 0 Å². The monoisotopic (exact) mass is 644 g/mol. The third-order valence-corrected chi connectivity index (χ3v) is 10.4. The van der Waals surface area contributed by atoms with Crippen molar-refractivity contribution >= 4 is 33.5 Å². The number of halogens is 5. The normalized spacial score (nSPS) is 19.9. The Morgan fingerprint density at radius 1 is 1.07 bits per heavy atom. The molecule has 1 fully saturated rings. The number of carbonyl (C=O) groups excluding carboxylic acids is 1. The molecule has 0 unspecified atom stereocenters. The second kappa shape index (κ2) is 11.6. The van der Waals surface area contributed by atoms with E-state index in [1.807, 2.05) is 6.08 Å². The van der Waals surface area contributed by atoms with E-state index >= 15 is 0 Å². The average molecular weight is 645 g/mol. The van der Waals surface area contributed by atoms with E-state index in [0.717, 1.165) is 28.6 Å². The second-order valence-corrected chi connectivity index (χ2v) is 13.2. The van der Waals surface area contributed by atoms with Gasteiger partial charge in [0.1, 0.15) is 17.3 Å². The van der Waals surface area contributed by atoms with E-state index in [-0.39, 0.29) is 41.3 Å². The molecule has 0 bridgehead atoms. The number of allylic oxidation sites excluding steroid dienone is 1. The highest BCUT2D eigenvalue weighted by Gasteiger charge is 2.52. The molecule has 1 saturated carbocycles. The first-order chi connectivity index (χ1) is 21.0. The third-order valence-electron chi connectivity index (χ3n) is 8.24. The maximum absolute atomic E-state index is 14.4. The topological polar surface area (TPSA) is 85.2 Å². The SMILES string of the molecule is O=C(c1cc(Cl)ccn1)[C@]12Cc3cnn(-c4ccc(F)cc4)c3C=C1CC[C@H](N(CC(F)F)S(=O)(=O)c1ccc(F)cc1)C2. The Kier molecular flexibility index (Phi) is 7.93. The van der Waals surface area contributed by atoms with E-state index in [4.69, 9.17) is 11.6 Å². The molecule has 0 N–H and O–H groups in total. The summed E-state index contributed by atoms with van der Waals surface area (Å²) in [6, 6.07) is 11.7. The van der Waals surface area contributed by atoms with Gasteiger partial charge in [-0.2, -0.15) is 9.40 Å². The van der Waals surface area contributed by atoms with Gasteiger partial charge in [-0.05, 0) is 98.0 Å². The van der Waals surface area contributed by atoms with E-state index < -0.39 is 51.9 Å². The van der Waals surface area contributed by atoms with Gasteiger partial charge in [0.2, 0.25) is 10.0 Å². The Balaban J connectivity index is 1.45. The van der Waals surface area contributed by atoms with Crippen LogP contribution in [0, 0.1) is 17.0 Å². The first-order valence-corrected chi connectivity index (χ1v) is 15.6. The molecule has 44 heavy (non-hydrogen) atoms. The largest absolute Gasteiger partial charge is 0.291 e. The summed E-state index contributed by atoms with van der Waals surface area (Å²) < 4.78 is 84.8. The number of fused-ring (bicyclic) bond motifs is 2. The summed E-state index contributed by atoms with van der Waals surface area (Å²) in [5.41, 5.74) is 1.32. The molecule has 4 aromatic rings. The third kappa shape index (κ3) is 5.46. The molecule has 2 aromatic carbocycles. The highest BCUT2D eigenvalue weighted by molar-refractivity contribution is 7.89. The molecule has 0 saturated heterocycles. The zero-order valence-electron chi connectivity index (χ0n) is 23.0. The number of alkyl halides is 2. The fourth-order valence-electron chi connectivity index (χ4n) is 6.21. The van der Waals surface area contributed by atoms with Gasteiger partial charge < -0.3 is 0 Å². The zero-order chi connectivity index (χ0) is 31.2. The average Bonchev–Trinajstić information content (AvgIpc) is 3.40. The molecule has 0 amide bonds. The number of rotatable bonds is 8. The van der Waals surface area contributed by atoms with Crippen LogP contribution in [-0.4, -0.2) is 52.3 Å². The summed E-state index contributed by atoms with van der Waals surface area (Å²) in [5, 5.41) is 4.75. The molecule has 2 aromatic heterocycles. The van der Waals surface area contributed by atoms with Crippen LogP contribution in [-0.2, 0) is 16.4 Å². The summed E-state index contributed by atoms with van der Waals surface area (Å²) in [5.74, 6) is -1.50. The van der Waals surface area contributed by atoms with Crippen LogP contribution >= 0.6 is 11.6 Å². The lowest BCUT2D eigenvalue weighted by atomic mass is 9.60. The van der Waals surface area contributed by atoms with Crippen molar-refractivity contribution < 1.29 is 30.8 Å². The predicted molar refractivity (Wildman–Crippen MR) is 155 cm³/mol. The summed E-state index contributed by atoms with van der Waals surface area (Å²) in [4.78, 5) is 18.3. The first kappa shape index (κ1) is 30.2. The van der Waals surface area contributed by atoms with Crippen molar-refractivity contribution in [3.8, 4) is 5.69 Å². The van der Waals surface area contributed by atoms with Gasteiger partial charge in [-0.15, -0.1) is 0 Å². The quantitative estimate of drug-likeness (QED) is 0.161. The number of benzene rings is 2. The second-order valence-electron chi connectivity index (χ2n) is 10.9. The van der Waals surface area contributed by atoms with Crippen LogP contribution in [0.25, 0.3) is 11.8 Å². The highest BCUT2D eigenvalue weighted by atomic mass is 35.5. The minimum absolute atomic E-state index is 0.0558. The zero-order valence-corrected chi connectivity index (χ0v) is 24.6. The van der Waals surface area contributed by atoms with E-state index in [1.165, 1.54) is 30.5 Å².